The van der Waals surface area contributed by atoms with Crippen LogP contribution in [0.15, 0.2) is 28.2 Å². The maximum absolute atomic E-state index is 10.7. The van der Waals surface area contributed by atoms with Crippen molar-refractivity contribution < 1.29 is 14.6 Å². The Morgan fingerprint density at radius 3 is 2.63 bits per heavy atom. The summed E-state index contributed by atoms with van der Waals surface area (Å²) in [7, 11) is 3.20. The van der Waals surface area contributed by atoms with Crippen LogP contribution in [-0.2, 0) is 0 Å². The van der Waals surface area contributed by atoms with Crippen LogP contribution in [0.4, 0.5) is 5.69 Å². The van der Waals surface area contributed by atoms with Gasteiger partial charge >= 0.3 is 0 Å². The van der Waals surface area contributed by atoms with E-state index in [-0.39, 0.29) is 5.76 Å². The molecule has 1 aromatic carbocycles. The van der Waals surface area contributed by atoms with Crippen molar-refractivity contribution >= 4 is 34.5 Å². The average Bonchev–Trinajstić information content (AvgIpc) is 3.27. The molecule has 2 aliphatic rings. The first-order valence-corrected chi connectivity index (χ1v) is 9.35. The predicted molar refractivity (Wildman–Crippen MR) is 107 cm³/mol. The minimum Gasteiger partial charge on any atom is -0.506 e. The maximum atomic E-state index is 10.7. The van der Waals surface area contributed by atoms with Crippen molar-refractivity contribution in [2.45, 2.75) is 13.8 Å². The molecule has 1 aromatic heterocycles. The minimum absolute atomic E-state index is 0.159. The van der Waals surface area contributed by atoms with Gasteiger partial charge in [0.15, 0.2) is 11.5 Å². The Kier molecular flexibility index (Phi) is 4.35. The van der Waals surface area contributed by atoms with E-state index in [0.717, 1.165) is 32.7 Å². The highest BCUT2D eigenvalue weighted by molar-refractivity contribution is 7.12. The van der Waals surface area contributed by atoms with Gasteiger partial charge in [0.05, 0.1) is 42.0 Å². The number of benzene rings is 1. The van der Waals surface area contributed by atoms with Crippen molar-refractivity contribution in [2.75, 3.05) is 27.3 Å². The van der Waals surface area contributed by atoms with E-state index in [4.69, 9.17) is 14.5 Å². The van der Waals surface area contributed by atoms with Gasteiger partial charge in [0.25, 0.3) is 0 Å². The van der Waals surface area contributed by atoms with E-state index in [1.807, 2.05) is 30.9 Å². The van der Waals surface area contributed by atoms with Gasteiger partial charge in [-0.2, -0.15) is 0 Å². The smallest absolute Gasteiger partial charge is 0.162 e. The Morgan fingerprint density at radius 2 is 1.96 bits per heavy atom. The highest BCUT2D eigenvalue weighted by atomic mass is 32.1. The topological polar surface area (TPSA) is 79.5 Å². The highest BCUT2D eigenvalue weighted by Crippen LogP contribution is 2.39. The summed E-state index contributed by atoms with van der Waals surface area (Å²) in [5.74, 6) is 2.88. The molecule has 0 spiro atoms. The molecule has 0 radical (unpaired) electrons. The summed E-state index contributed by atoms with van der Waals surface area (Å²) in [5, 5.41) is 11.6. The van der Waals surface area contributed by atoms with E-state index in [2.05, 4.69) is 9.98 Å². The predicted octanol–water partition coefficient (Wildman–Crippen LogP) is 3.48. The number of aromatic nitrogens is 1. The van der Waals surface area contributed by atoms with Crippen LogP contribution in [0.2, 0.25) is 0 Å². The van der Waals surface area contributed by atoms with E-state index in [1.54, 1.807) is 20.3 Å². The second kappa shape index (κ2) is 6.70. The molecule has 0 unspecified atom stereocenters. The van der Waals surface area contributed by atoms with Crippen molar-refractivity contribution in [1.29, 1.82) is 0 Å². The number of aryl methyl sites for hydroxylation is 2. The van der Waals surface area contributed by atoms with Gasteiger partial charge in [-0.1, -0.05) is 0 Å². The lowest BCUT2D eigenvalue weighted by molar-refractivity contribution is 0.355. The third-order valence-electron chi connectivity index (χ3n) is 4.50. The molecule has 2 aromatic rings. The first-order chi connectivity index (χ1) is 13.0. The van der Waals surface area contributed by atoms with Gasteiger partial charge in [-0.25, -0.2) is 9.98 Å². The molecular weight excluding hydrogens is 364 g/mol. The third kappa shape index (κ3) is 2.95. The number of aliphatic hydroxyl groups excluding tert-OH is 1. The molecule has 0 atom stereocenters. The van der Waals surface area contributed by atoms with Crippen molar-refractivity contribution in [3.05, 3.63) is 39.4 Å². The number of rotatable bonds is 4. The number of hydrogen-bond donors (Lipinski definition) is 1. The second-order valence-corrected chi connectivity index (χ2v) is 7.43. The number of thiazole rings is 1. The van der Waals surface area contributed by atoms with Crippen molar-refractivity contribution in [3.63, 3.8) is 0 Å². The summed E-state index contributed by atoms with van der Waals surface area (Å²) >= 11 is 1.46. The van der Waals surface area contributed by atoms with E-state index in [0.29, 0.717) is 30.4 Å². The van der Waals surface area contributed by atoms with Gasteiger partial charge in [0, 0.05) is 24.3 Å². The lowest BCUT2D eigenvalue weighted by atomic mass is 10.1. The molecule has 8 heteroatoms. The third-order valence-corrected chi connectivity index (χ3v) is 5.59. The summed E-state index contributed by atoms with van der Waals surface area (Å²) in [6.45, 7) is 5.20. The van der Waals surface area contributed by atoms with Crippen molar-refractivity contribution in [1.82, 2.24) is 9.88 Å². The Bertz CT molecular complexity index is 1010. The molecule has 7 nitrogen and oxygen atoms in total. The van der Waals surface area contributed by atoms with Crippen LogP contribution in [0, 0.1) is 13.8 Å². The fourth-order valence-electron chi connectivity index (χ4n) is 3.29. The fraction of sp³-hybridized carbons (Fsp3) is 0.316. The maximum Gasteiger partial charge on any atom is 0.162 e. The number of nitrogens with zero attached hydrogens (tertiary/aromatic N) is 4. The van der Waals surface area contributed by atoms with Crippen LogP contribution in [-0.4, -0.2) is 54.0 Å². The number of fused-ring (bicyclic) bond motifs is 3. The lowest BCUT2D eigenvalue weighted by Crippen LogP contribution is -2.36. The molecule has 0 saturated heterocycles. The van der Waals surface area contributed by atoms with Crippen LogP contribution < -0.4 is 9.47 Å². The largest absolute Gasteiger partial charge is 0.506 e. The van der Waals surface area contributed by atoms with Gasteiger partial charge in [-0.15, -0.1) is 11.3 Å². The SMILES string of the molecule is COc1cc2c(cc1OC)C1=NCCN1C(C=C(O)c1sc(C)nc1C)=N2. The molecule has 0 fully saturated rings. The summed E-state index contributed by atoms with van der Waals surface area (Å²) in [4.78, 5) is 16.5. The molecule has 1 N–H and O–H groups in total. The van der Waals surface area contributed by atoms with Gasteiger partial charge in [0.2, 0.25) is 0 Å². The zero-order chi connectivity index (χ0) is 19.1. The Morgan fingerprint density at radius 1 is 1.22 bits per heavy atom. The van der Waals surface area contributed by atoms with Crippen LogP contribution >= 0.6 is 11.3 Å². The van der Waals surface area contributed by atoms with Crippen LogP contribution in [0.5, 0.6) is 11.5 Å². The number of ether oxygens (including phenoxy) is 2. The number of methoxy groups -OCH3 is 2. The first kappa shape index (κ1) is 17.5. The van der Waals surface area contributed by atoms with Crippen LogP contribution in [0.1, 0.15) is 21.1 Å². The molecule has 140 valence electrons. The standard InChI is InChI=1S/C19H20N4O3S/c1-10-18(27-11(2)21-10)14(24)9-17-22-13-8-16(26-4)15(25-3)7-12(13)19-20-5-6-23(17)19/h7-9,24H,5-6H2,1-4H3. The Labute approximate surface area is 161 Å². The second-order valence-electron chi connectivity index (χ2n) is 6.23. The number of aliphatic imine (C=N–C) groups is 2. The van der Waals surface area contributed by atoms with Crippen molar-refractivity contribution in [2.24, 2.45) is 9.98 Å². The van der Waals surface area contributed by atoms with Gasteiger partial charge in [-0.3, -0.25) is 4.99 Å². The normalized spacial score (nSPS) is 15.9. The number of aliphatic hydroxyl groups is 1. The van der Waals surface area contributed by atoms with Gasteiger partial charge in [0.1, 0.15) is 17.4 Å². The summed E-state index contributed by atoms with van der Waals surface area (Å²) in [6, 6.07) is 3.73. The number of amidine groups is 2. The van der Waals surface area contributed by atoms with E-state index >= 15 is 0 Å². The zero-order valence-electron chi connectivity index (χ0n) is 15.6. The first-order valence-electron chi connectivity index (χ1n) is 8.54. The molecule has 0 aliphatic carbocycles. The lowest BCUT2D eigenvalue weighted by Gasteiger charge is -2.26. The molecule has 4 rings (SSSR count). The molecule has 2 aliphatic heterocycles. The zero-order valence-corrected chi connectivity index (χ0v) is 16.4. The molecule has 3 heterocycles. The highest BCUT2D eigenvalue weighted by Gasteiger charge is 2.30. The fourth-order valence-corrected chi connectivity index (χ4v) is 4.13. The minimum atomic E-state index is 0.159. The molecule has 0 bridgehead atoms. The average molecular weight is 384 g/mol. The van der Waals surface area contributed by atoms with Crippen LogP contribution in [0.25, 0.3) is 5.76 Å². The molecule has 0 saturated carbocycles. The monoisotopic (exact) mass is 384 g/mol. The number of hydrogen-bond acceptors (Lipinski definition) is 8. The summed E-state index contributed by atoms with van der Waals surface area (Å²) in [5.41, 5.74) is 2.44. The van der Waals surface area contributed by atoms with Crippen molar-refractivity contribution in [3.8, 4) is 11.5 Å². The summed E-state index contributed by atoms with van der Waals surface area (Å²) < 4.78 is 10.8. The van der Waals surface area contributed by atoms with E-state index < -0.39 is 0 Å². The molecule has 27 heavy (non-hydrogen) atoms. The van der Waals surface area contributed by atoms with E-state index in [9.17, 15) is 5.11 Å². The van der Waals surface area contributed by atoms with E-state index in [1.165, 1.54) is 11.3 Å². The molecule has 0 amide bonds. The Hall–Kier alpha value is -2.87. The van der Waals surface area contributed by atoms with Gasteiger partial charge < -0.3 is 19.5 Å². The Balaban J connectivity index is 1.83. The summed E-state index contributed by atoms with van der Waals surface area (Å²) in [6.07, 6.45) is 1.68. The van der Waals surface area contributed by atoms with Gasteiger partial charge in [-0.05, 0) is 19.9 Å². The quantitative estimate of drug-likeness (QED) is 0.817. The van der Waals surface area contributed by atoms with Crippen LogP contribution in [0.3, 0.4) is 0 Å². The molecular formula is C19H20N4O3S.